The molecule has 3 heteroatoms. The number of amidine groups is 1. The van der Waals surface area contributed by atoms with Gasteiger partial charge in [-0.05, 0) is 35.9 Å². The summed E-state index contributed by atoms with van der Waals surface area (Å²) in [6, 6.07) is 22.8. The lowest BCUT2D eigenvalue weighted by Crippen LogP contribution is -2.86. The lowest BCUT2D eigenvalue weighted by Gasteiger charge is -2.16. The lowest BCUT2D eigenvalue weighted by atomic mass is 10.0. The second-order valence-electron chi connectivity index (χ2n) is 5.97. The number of fused-ring (bicyclic) bond motifs is 2. The fourth-order valence-electron chi connectivity index (χ4n) is 3.14. The Labute approximate surface area is 140 Å². The summed E-state index contributed by atoms with van der Waals surface area (Å²) in [6.07, 6.45) is 1.90. The van der Waals surface area contributed by atoms with Crippen molar-refractivity contribution < 1.29 is 5.32 Å². The molecule has 0 saturated heterocycles. The van der Waals surface area contributed by atoms with Crippen molar-refractivity contribution in [3.8, 4) is 0 Å². The first kappa shape index (κ1) is 14.5. The summed E-state index contributed by atoms with van der Waals surface area (Å²) in [5.41, 5.74) is 4.73. The highest BCUT2D eigenvalue weighted by Gasteiger charge is 2.23. The molecule has 0 fully saturated rings. The SMILES string of the molecule is CC(=N)C=C1[NH2+]C(c2cccc3ccccc23)=Nc2ccccc21. The molecule has 1 aliphatic rings. The Morgan fingerprint density at radius 3 is 2.50 bits per heavy atom. The van der Waals surface area contributed by atoms with E-state index in [1.165, 1.54) is 10.8 Å². The molecule has 0 saturated carbocycles. The van der Waals surface area contributed by atoms with Gasteiger partial charge < -0.3 is 5.41 Å². The normalized spacial score (nSPS) is 15.2. The number of nitrogens with zero attached hydrogens (tertiary/aromatic N) is 1. The Morgan fingerprint density at radius 2 is 1.62 bits per heavy atom. The zero-order chi connectivity index (χ0) is 16.5. The molecule has 24 heavy (non-hydrogen) atoms. The average Bonchev–Trinajstić information content (AvgIpc) is 2.60. The number of aliphatic imine (C=N–C) groups is 1. The summed E-state index contributed by atoms with van der Waals surface area (Å²) in [5.74, 6) is 0.943. The highest BCUT2D eigenvalue weighted by atomic mass is 15.0. The molecule has 4 rings (SSSR count). The summed E-state index contributed by atoms with van der Waals surface area (Å²) in [5, 5.41) is 12.3. The van der Waals surface area contributed by atoms with Gasteiger partial charge >= 0.3 is 0 Å². The van der Waals surface area contributed by atoms with E-state index in [0.29, 0.717) is 5.71 Å². The van der Waals surface area contributed by atoms with E-state index < -0.39 is 0 Å². The quantitative estimate of drug-likeness (QED) is 0.675. The van der Waals surface area contributed by atoms with Gasteiger partial charge in [-0.1, -0.05) is 48.5 Å². The van der Waals surface area contributed by atoms with Crippen LogP contribution >= 0.6 is 0 Å². The molecule has 0 spiro atoms. The summed E-state index contributed by atoms with van der Waals surface area (Å²) in [7, 11) is 0. The van der Waals surface area contributed by atoms with Crippen molar-refractivity contribution >= 4 is 33.7 Å². The van der Waals surface area contributed by atoms with Crippen LogP contribution in [0.3, 0.4) is 0 Å². The minimum atomic E-state index is 0.537. The van der Waals surface area contributed by atoms with E-state index >= 15 is 0 Å². The van der Waals surface area contributed by atoms with Gasteiger partial charge in [0.15, 0.2) is 0 Å². The number of hydrogen-bond donors (Lipinski definition) is 2. The van der Waals surface area contributed by atoms with Crippen LogP contribution in [0.4, 0.5) is 5.69 Å². The molecule has 3 aromatic carbocycles. The summed E-state index contributed by atoms with van der Waals surface area (Å²) < 4.78 is 0. The maximum atomic E-state index is 7.84. The smallest absolute Gasteiger partial charge is 0.237 e. The predicted molar refractivity (Wildman–Crippen MR) is 99.9 cm³/mol. The first-order valence-corrected chi connectivity index (χ1v) is 8.00. The Morgan fingerprint density at radius 1 is 0.917 bits per heavy atom. The third kappa shape index (κ3) is 2.55. The van der Waals surface area contributed by atoms with Crippen molar-refractivity contribution in [1.29, 1.82) is 5.41 Å². The van der Waals surface area contributed by atoms with Crippen LogP contribution in [0.15, 0.2) is 77.8 Å². The van der Waals surface area contributed by atoms with Crippen molar-refractivity contribution in [3.05, 3.63) is 83.9 Å². The molecule has 0 bridgehead atoms. The number of allylic oxidation sites excluding steroid dienone is 1. The standard InChI is InChI=1S/C21H17N3/c1-14(22)13-20-18-10-4-5-12-19(18)23-21(24-20)17-11-6-8-15-7-2-3-9-16(15)17/h2-13,22H,1H3,(H,23,24)/p+1. The number of para-hydroxylation sites is 1. The maximum absolute atomic E-state index is 7.84. The third-order valence-corrected chi connectivity index (χ3v) is 4.19. The molecule has 1 heterocycles. The Kier molecular flexibility index (Phi) is 3.56. The van der Waals surface area contributed by atoms with Gasteiger partial charge in [0.1, 0.15) is 5.70 Å². The van der Waals surface area contributed by atoms with Crippen molar-refractivity contribution in [2.75, 3.05) is 0 Å². The topological polar surface area (TPSA) is 52.8 Å². The van der Waals surface area contributed by atoms with Gasteiger partial charge in [0.05, 0.1) is 16.8 Å². The van der Waals surface area contributed by atoms with E-state index in [4.69, 9.17) is 10.4 Å². The van der Waals surface area contributed by atoms with E-state index in [1.807, 2.05) is 24.3 Å². The van der Waals surface area contributed by atoms with Gasteiger partial charge in [-0.3, -0.25) is 5.32 Å². The summed E-state index contributed by atoms with van der Waals surface area (Å²) in [6.45, 7) is 1.80. The lowest BCUT2D eigenvalue weighted by molar-refractivity contribution is -0.433. The second-order valence-corrected chi connectivity index (χ2v) is 5.97. The number of hydrogen-bond acceptors (Lipinski definition) is 2. The zero-order valence-electron chi connectivity index (χ0n) is 13.5. The fourth-order valence-corrected chi connectivity index (χ4v) is 3.14. The minimum absolute atomic E-state index is 0.537. The Bertz CT molecular complexity index is 1010. The second kappa shape index (κ2) is 5.87. The van der Waals surface area contributed by atoms with Crippen molar-refractivity contribution in [2.24, 2.45) is 4.99 Å². The van der Waals surface area contributed by atoms with Crippen LogP contribution in [0.1, 0.15) is 18.1 Å². The van der Waals surface area contributed by atoms with Crippen molar-refractivity contribution in [3.63, 3.8) is 0 Å². The van der Waals surface area contributed by atoms with Crippen molar-refractivity contribution in [1.82, 2.24) is 0 Å². The number of nitrogens with one attached hydrogen (secondary N) is 1. The first-order valence-electron chi connectivity index (χ1n) is 8.00. The van der Waals surface area contributed by atoms with Gasteiger partial charge in [0, 0.05) is 11.8 Å². The molecule has 0 atom stereocenters. The van der Waals surface area contributed by atoms with Crippen LogP contribution in [0.2, 0.25) is 0 Å². The Hall–Kier alpha value is -3.04. The molecular weight excluding hydrogens is 294 g/mol. The van der Waals surface area contributed by atoms with Crippen LogP contribution in [0.25, 0.3) is 16.5 Å². The molecule has 116 valence electrons. The van der Waals surface area contributed by atoms with Crippen LogP contribution in [-0.4, -0.2) is 11.5 Å². The van der Waals surface area contributed by atoms with Gasteiger partial charge in [-0.15, -0.1) is 0 Å². The minimum Gasteiger partial charge on any atom is -0.305 e. The van der Waals surface area contributed by atoms with E-state index in [2.05, 4.69) is 53.8 Å². The Balaban J connectivity index is 1.93. The molecule has 3 N–H and O–H groups in total. The number of rotatable bonds is 2. The largest absolute Gasteiger partial charge is 0.305 e. The van der Waals surface area contributed by atoms with Gasteiger partial charge in [0.25, 0.3) is 0 Å². The van der Waals surface area contributed by atoms with Crippen LogP contribution < -0.4 is 5.32 Å². The highest BCUT2D eigenvalue weighted by molar-refractivity contribution is 6.09. The molecule has 3 aromatic rings. The number of benzene rings is 3. The molecule has 0 aromatic heterocycles. The average molecular weight is 312 g/mol. The van der Waals surface area contributed by atoms with Crippen LogP contribution in [0, 0.1) is 5.41 Å². The van der Waals surface area contributed by atoms with Crippen LogP contribution in [-0.2, 0) is 0 Å². The van der Waals surface area contributed by atoms with Gasteiger partial charge in [0.2, 0.25) is 5.84 Å². The van der Waals surface area contributed by atoms with E-state index in [1.54, 1.807) is 6.92 Å². The fraction of sp³-hybridized carbons (Fsp3) is 0.0476. The molecular formula is C21H18N3+. The number of nitrogens with two attached hydrogens (primary N) is 1. The summed E-state index contributed by atoms with van der Waals surface area (Å²) in [4.78, 5) is 4.87. The molecule has 0 unspecified atom stereocenters. The molecule has 0 amide bonds. The maximum Gasteiger partial charge on any atom is 0.237 e. The van der Waals surface area contributed by atoms with Crippen LogP contribution in [0.5, 0.6) is 0 Å². The molecule has 1 aliphatic heterocycles. The van der Waals surface area contributed by atoms with Crippen molar-refractivity contribution in [2.45, 2.75) is 6.92 Å². The third-order valence-electron chi connectivity index (χ3n) is 4.19. The zero-order valence-corrected chi connectivity index (χ0v) is 13.5. The van der Waals surface area contributed by atoms with Gasteiger partial charge in [-0.25, -0.2) is 0 Å². The first-order chi connectivity index (χ1) is 11.7. The predicted octanol–water partition coefficient (Wildman–Crippen LogP) is 3.88. The monoisotopic (exact) mass is 312 g/mol. The molecule has 0 radical (unpaired) electrons. The molecule has 0 aliphatic carbocycles. The summed E-state index contributed by atoms with van der Waals surface area (Å²) >= 11 is 0. The number of quaternary nitrogens is 1. The highest BCUT2D eigenvalue weighted by Crippen LogP contribution is 2.27. The molecule has 3 nitrogen and oxygen atoms in total. The van der Waals surface area contributed by atoms with E-state index in [9.17, 15) is 0 Å². The van der Waals surface area contributed by atoms with E-state index in [-0.39, 0.29) is 0 Å². The van der Waals surface area contributed by atoms with Gasteiger partial charge in [-0.2, -0.15) is 4.99 Å². The van der Waals surface area contributed by atoms with E-state index in [0.717, 1.165) is 28.3 Å².